The van der Waals surface area contributed by atoms with Crippen molar-refractivity contribution in [2.24, 2.45) is 5.92 Å². The zero-order valence-electron chi connectivity index (χ0n) is 13.5. The molecule has 0 spiro atoms. The minimum absolute atomic E-state index is 0.0642. The van der Waals surface area contributed by atoms with Gasteiger partial charge >= 0.3 is 6.03 Å². The Morgan fingerprint density at radius 1 is 1.32 bits per heavy atom. The number of Topliss-reactive ketones (excluding diaryl/α,β-unsaturated/α-hetero) is 1. The number of nitrogens with zero attached hydrogens (tertiary/aromatic N) is 1. The van der Waals surface area contributed by atoms with Crippen LogP contribution in [0.4, 0.5) is 4.79 Å². The lowest BCUT2D eigenvalue weighted by molar-refractivity contribution is 0.0842. The van der Waals surface area contributed by atoms with E-state index in [0.717, 1.165) is 29.8 Å². The number of carbonyl (C=O) groups is 2. The lowest BCUT2D eigenvalue weighted by atomic mass is 9.90. The molecule has 0 aromatic heterocycles. The molecule has 120 valence electrons. The third-order valence-corrected chi connectivity index (χ3v) is 4.66. The molecule has 1 aliphatic rings. The number of amides is 2. The predicted molar refractivity (Wildman–Crippen MR) is 90.5 cm³/mol. The van der Waals surface area contributed by atoms with Gasteiger partial charge in [-0.15, -0.1) is 11.8 Å². The molecule has 0 radical (unpaired) electrons. The number of ketones is 1. The number of piperidine rings is 1. The minimum atomic E-state index is -0.0973. The Morgan fingerprint density at radius 3 is 2.73 bits per heavy atom. The largest absolute Gasteiger partial charge is 0.336 e. The highest BCUT2D eigenvalue weighted by molar-refractivity contribution is 7.98. The standard InChI is InChI=1S/C17H24N2O2S/c1-12(2)18-17(21)19-10-6-7-13(11-19)16(20)14-8-4-5-9-15(14)22-3/h4-5,8-9,12-13H,6-7,10-11H2,1-3H3,(H,18,21)/t13-/m1/s1. The molecule has 0 bridgehead atoms. The molecular weight excluding hydrogens is 296 g/mol. The maximum atomic E-state index is 12.8. The highest BCUT2D eigenvalue weighted by Crippen LogP contribution is 2.26. The van der Waals surface area contributed by atoms with Gasteiger partial charge < -0.3 is 10.2 Å². The van der Waals surface area contributed by atoms with Crippen molar-refractivity contribution in [3.05, 3.63) is 29.8 Å². The average Bonchev–Trinajstić information content (AvgIpc) is 2.53. The van der Waals surface area contributed by atoms with E-state index in [1.807, 2.05) is 44.4 Å². The van der Waals surface area contributed by atoms with Crippen molar-refractivity contribution < 1.29 is 9.59 Å². The number of thioether (sulfide) groups is 1. The molecule has 2 rings (SSSR count). The SMILES string of the molecule is CSc1ccccc1C(=O)[C@@H]1CCCN(C(=O)NC(C)C)C1. The zero-order valence-corrected chi connectivity index (χ0v) is 14.3. The van der Waals surface area contributed by atoms with E-state index in [9.17, 15) is 9.59 Å². The number of rotatable bonds is 4. The number of likely N-dealkylation sites (tertiary alicyclic amines) is 1. The second-order valence-electron chi connectivity index (χ2n) is 5.95. The number of hydrogen-bond acceptors (Lipinski definition) is 3. The zero-order chi connectivity index (χ0) is 16.1. The van der Waals surface area contributed by atoms with Gasteiger partial charge in [-0.1, -0.05) is 18.2 Å². The van der Waals surface area contributed by atoms with Crippen LogP contribution >= 0.6 is 11.8 Å². The highest BCUT2D eigenvalue weighted by atomic mass is 32.2. The number of carbonyl (C=O) groups excluding carboxylic acids is 2. The number of benzene rings is 1. The van der Waals surface area contributed by atoms with Crippen molar-refractivity contribution in [2.75, 3.05) is 19.3 Å². The summed E-state index contributed by atoms with van der Waals surface area (Å²) in [5.74, 6) is 0.0620. The fourth-order valence-corrected chi connectivity index (χ4v) is 3.39. The average molecular weight is 320 g/mol. The maximum absolute atomic E-state index is 12.8. The molecule has 22 heavy (non-hydrogen) atoms. The van der Waals surface area contributed by atoms with E-state index in [4.69, 9.17) is 0 Å². The maximum Gasteiger partial charge on any atom is 0.317 e. The molecule has 0 unspecified atom stereocenters. The molecule has 5 heteroatoms. The summed E-state index contributed by atoms with van der Waals surface area (Å²) in [6.07, 6.45) is 3.71. The molecule has 0 saturated carbocycles. The van der Waals surface area contributed by atoms with E-state index >= 15 is 0 Å². The van der Waals surface area contributed by atoms with Crippen LogP contribution in [0.15, 0.2) is 29.2 Å². The number of nitrogens with one attached hydrogen (secondary N) is 1. The molecule has 1 atom stereocenters. The first kappa shape index (κ1) is 16.9. The first-order valence-electron chi connectivity index (χ1n) is 7.75. The van der Waals surface area contributed by atoms with Crippen LogP contribution in [-0.4, -0.2) is 42.1 Å². The molecule has 1 aromatic rings. The normalized spacial score (nSPS) is 18.4. The number of hydrogen-bond donors (Lipinski definition) is 1. The molecule has 0 aliphatic carbocycles. The molecule has 2 amide bonds. The molecular formula is C17H24N2O2S. The van der Waals surface area contributed by atoms with Crippen molar-refractivity contribution in [2.45, 2.75) is 37.6 Å². The van der Waals surface area contributed by atoms with Crippen molar-refractivity contribution in [3.63, 3.8) is 0 Å². The van der Waals surface area contributed by atoms with Gasteiger partial charge in [0, 0.05) is 35.5 Å². The first-order chi connectivity index (χ1) is 10.5. The lowest BCUT2D eigenvalue weighted by Crippen LogP contribution is -2.48. The van der Waals surface area contributed by atoms with Crippen molar-refractivity contribution in [3.8, 4) is 0 Å². The molecule has 1 N–H and O–H groups in total. The van der Waals surface area contributed by atoms with Crippen molar-refractivity contribution in [1.29, 1.82) is 0 Å². The summed E-state index contributed by atoms with van der Waals surface area (Å²) in [5.41, 5.74) is 0.783. The van der Waals surface area contributed by atoms with Crippen LogP contribution in [-0.2, 0) is 0 Å². The van der Waals surface area contributed by atoms with E-state index in [0.29, 0.717) is 6.54 Å². The summed E-state index contributed by atoms with van der Waals surface area (Å²) in [6, 6.07) is 7.77. The fourth-order valence-electron chi connectivity index (χ4n) is 2.78. The summed E-state index contributed by atoms with van der Waals surface area (Å²) in [4.78, 5) is 27.7. The number of urea groups is 1. The van der Waals surface area contributed by atoms with Crippen LogP contribution in [0.2, 0.25) is 0 Å². The van der Waals surface area contributed by atoms with Crippen molar-refractivity contribution >= 4 is 23.6 Å². The molecule has 1 fully saturated rings. The van der Waals surface area contributed by atoms with Crippen LogP contribution in [0.3, 0.4) is 0 Å². The van der Waals surface area contributed by atoms with Crippen LogP contribution in [0.25, 0.3) is 0 Å². The third kappa shape index (κ3) is 4.03. The molecule has 1 aliphatic heterocycles. The van der Waals surface area contributed by atoms with Gasteiger partial charge in [0.25, 0.3) is 0 Å². The molecule has 1 heterocycles. The summed E-state index contributed by atoms with van der Waals surface area (Å²) in [7, 11) is 0. The second kappa shape index (κ2) is 7.68. The second-order valence-corrected chi connectivity index (χ2v) is 6.80. The smallest absolute Gasteiger partial charge is 0.317 e. The Morgan fingerprint density at radius 2 is 2.05 bits per heavy atom. The Hall–Kier alpha value is -1.49. The summed E-state index contributed by atoms with van der Waals surface area (Å²) in [6.45, 7) is 5.13. The topological polar surface area (TPSA) is 49.4 Å². The molecule has 4 nitrogen and oxygen atoms in total. The van der Waals surface area contributed by atoms with E-state index < -0.39 is 0 Å². The molecule has 1 aromatic carbocycles. The van der Waals surface area contributed by atoms with Gasteiger partial charge in [-0.2, -0.15) is 0 Å². The Labute approximate surface area is 136 Å². The molecule has 1 saturated heterocycles. The van der Waals surface area contributed by atoms with E-state index in [-0.39, 0.29) is 23.8 Å². The van der Waals surface area contributed by atoms with Gasteiger partial charge in [0.05, 0.1) is 0 Å². The van der Waals surface area contributed by atoms with Crippen LogP contribution in [0, 0.1) is 5.92 Å². The Bertz CT molecular complexity index is 545. The summed E-state index contributed by atoms with van der Waals surface area (Å²) >= 11 is 1.59. The fraction of sp³-hybridized carbons (Fsp3) is 0.529. The first-order valence-corrected chi connectivity index (χ1v) is 8.98. The van der Waals surface area contributed by atoms with Crippen LogP contribution < -0.4 is 5.32 Å². The monoisotopic (exact) mass is 320 g/mol. The van der Waals surface area contributed by atoms with Crippen LogP contribution in [0.5, 0.6) is 0 Å². The van der Waals surface area contributed by atoms with E-state index in [2.05, 4.69) is 5.32 Å². The van der Waals surface area contributed by atoms with Crippen molar-refractivity contribution in [1.82, 2.24) is 10.2 Å². The lowest BCUT2D eigenvalue weighted by Gasteiger charge is -2.32. The van der Waals surface area contributed by atoms with E-state index in [1.165, 1.54) is 0 Å². The summed E-state index contributed by atoms with van der Waals surface area (Å²) in [5, 5.41) is 2.91. The highest BCUT2D eigenvalue weighted by Gasteiger charge is 2.30. The van der Waals surface area contributed by atoms with Gasteiger partial charge in [0.1, 0.15) is 0 Å². The quantitative estimate of drug-likeness (QED) is 0.683. The van der Waals surface area contributed by atoms with Gasteiger partial charge in [-0.05, 0) is 39.0 Å². The summed E-state index contributed by atoms with van der Waals surface area (Å²) < 4.78 is 0. The van der Waals surface area contributed by atoms with Gasteiger partial charge in [-0.25, -0.2) is 4.79 Å². The minimum Gasteiger partial charge on any atom is -0.336 e. The van der Waals surface area contributed by atoms with Gasteiger partial charge in [0.2, 0.25) is 0 Å². The van der Waals surface area contributed by atoms with Gasteiger partial charge in [0.15, 0.2) is 5.78 Å². The third-order valence-electron chi connectivity index (χ3n) is 3.86. The Balaban J connectivity index is 2.08. The van der Waals surface area contributed by atoms with Crippen LogP contribution in [0.1, 0.15) is 37.0 Å². The van der Waals surface area contributed by atoms with Gasteiger partial charge in [-0.3, -0.25) is 4.79 Å². The Kier molecular flexibility index (Phi) is 5.89. The van der Waals surface area contributed by atoms with E-state index in [1.54, 1.807) is 16.7 Å². The predicted octanol–water partition coefficient (Wildman–Crippen LogP) is 3.42.